The van der Waals surface area contributed by atoms with Crippen LogP contribution in [0, 0.1) is 5.82 Å². The first kappa shape index (κ1) is 43.4. The Morgan fingerprint density at radius 2 is 1.19 bits per heavy atom. The van der Waals surface area contributed by atoms with Crippen molar-refractivity contribution in [3.63, 3.8) is 0 Å². The number of piperidine rings is 1. The quantitative estimate of drug-likeness (QED) is 0.0718. The van der Waals surface area contributed by atoms with E-state index in [4.69, 9.17) is 16.7 Å². The second-order valence-electron chi connectivity index (χ2n) is 13.0. The molecule has 0 unspecified atom stereocenters. The zero-order chi connectivity index (χ0) is 33.5. The van der Waals surface area contributed by atoms with E-state index in [2.05, 4.69) is 11.8 Å². The van der Waals surface area contributed by atoms with Gasteiger partial charge in [-0.05, 0) is 74.2 Å². The molecule has 2 aromatic carbocycles. The van der Waals surface area contributed by atoms with Crippen molar-refractivity contribution in [1.82, 2.24) is 4.90 Å². The molecule has 0 atom stereocenters. The number of halogens is 2. The molecule has 47 heavy (non-hydrogen) atoms. The van der Waals surface area contributed by atoms with E-state index in [9.17, 15) is 19.1 Å². The van der Waals surface area contributed by atoms with E-state index in [0.717, 1.165) is 44.5 Å². The number of carbonyl (C=O) groups excluding carboxylic acids is 1. The maximum absolute atomic E-state index is 12.9. The number of unbranched alkanes of at least 4 members (excludes halogenated alkanes) is 14. The fourth-order valence-corrected chi connectivity index (χ4v) is 6.21. The summed E-state index contributed by atoms with van der Waals surface area (Å²) in [5.74, 6) is -0.942. The van der Waals surface area contributed by atoms with Crippen LogP contribution in [0.3, 0.4) is 0 Å². The van der Waals surface area contributed by atoms with Crippen molar-refractivity contribution in [2.75, 3.05) is 19.6 Å². The summed E-state index contributed by atoms with van der Waals surface area (Å²) in [7, 11) is 0. The molecule has 0 aliphatic carbocycles. The summed E-state index contributed by atoms with van der Waals surface area (Å²) in [6, 6.07) is 13.1. The summed E-state index contributed by atoms with van der Waals surface area (Å²) in [6.07, 6.45) is 22.7. The number of Topliss-reactive ketones (excluding diaryl/α,β-unsaturated/α-hetero) is 1. The van der Waals surface area contributed by atoms with Crippen LogP contribution in [0.1, 0.15) is 151 Å². The molecule has 0 saturated carbocycles. The molecular weight excluding hydrogens is 666 g/mol. The van der Waals surface area contributed by atoms with Crippen molar-refractivity contribution in [1.29, 1.82) is 0 Å². The van der Waals surface area contributed by atoms with Gasteiger partial charge in [-0.25, -0.2) is 4.39 Å². The molecule has 0 bridgehead atoms. The molecule has 2 N–H and O–H groups in total. The van der Waals surface area contributed by atoms with Gasteiger partial charge in [0.05, 0.1) is 5.60 Å². The van der Waals surface area contributed by atoms with Gasteiger partial charge in [-0.2, -0.15) is 0 Å². The van der Waals surface area contributed by atoms with Crippen LogP contribution in [0.25, 0.3) is 0 Å². The number of carboxylic acid groups (broad SMARTS) is 1. The molecule has 2 aromatic rings. The maximum atomic E-state index is 12.9. The van der Waals surface area contributed by atoms with Crippen molar-refractivity contribution >= 4 is 23.4 Å². The van der Waals surface area contributed by atoms with E-state index in [1.54, 1.807) is 0 Å². The Kier molecular flexibility index (Phi) is 24.2. The van der Waals surface area contributed by atoms with E-state index in [0.29, 0.717) is 36.3 Å². The summed E-state index contributed by atoms with van der Waals surface area (Å²) >= 11 is 5.92. The molecule has 260 valence electrons. The molecule has 3 rings (SSSR count). The third-order valence-corrected chi connectivity index (χ3v) is 9.36. The minimum atomic E-state index is -0.801. The number of hydrogen-bond acceptors (Lipinski definition) is 4. The molecule has 0 aromatic heterocycles. The minimum Gasteiger partial charge on any atom is -0.481 e. The standard InChI is InChI=1S/C21H23ClFNO2.C18H36O2.Zn/c22-18-7-5-17(6-8-18)21(26)11-14-24(15-12-21)13-1-2-20(25)16-3-9-19(23)10-4-16;1-2-3-4-5-6-7-8-9-10-11-12-13-14-15-16-17-18(19)20;/h3-10,26H,1-2,11-15H2;2-17H2,1H3,(H,19,20);. The molecular formula is C39H59ClFNO4Zn. The maximum Gasteiger partial charge on any atom is 0.303 e. The van der Waals surface area contributed by atoms with Crippen molar-refractivity contribution < 1.29 is 43.7 Å². The summed E-state index contributed by atoms with van der Waals surface area (Å²) in [4.78, 5) is 24.7. The second kappa shape index (κ2) is 26.2. The van der Waals surface area contributed by atoms with E-state index >= 15 is 0 Å². The van der Waals surface area contributed by atoms with Crippen molar-refractivity contribution in [2.24, 2.45) is 0 Å². The average Bonchev–Trinajstić information content (AvgIpc) is 3.04. The first-order valence-electron chi connectivity index (χ1n) is 17.9. The van der Waals surface area contributed by atoms with Gasteiger partial charge < -0.3 is 15.1 Å². The van der Waals surface area contributed by atoms with Crippen molar-refractivity contribution in [3.8, 4) is 0 Å². The fraction of sp³-hybridized carbons (Fsp3) is 0.641. The Morgan fingerprint density at radius 1 is 0.723 bits per heavy atom. The van der Waals surface area contributed by atoms with Crippen LogP contribution in [-0.4, -0.2) is 46.5 Å². The predicted octanol–water partition coefficient (Wildman–Crippen LogP) is 10.8. The van der Waals surface area contributed by atoms with Crippen LogP contribution in [0.5, 0.6) is 0 Å². The van der Waals surface area contributed by atoms with Gasteiger partial charge in [-0.1, -0.05) is 121 Å². The number of likely N-dealkylation sites (tertiary alicyclic amines) is 1. The number of ketones is 1. The molecule has 5 nitrogen and oxygen atoms in total. The normalized spacial score (nSPS) is 14.1. The van der Waals surface area contributed by atoms with E-state index in [1.165, 1.54) is 108 Å². The molecule has 0 spiro atoms. The Hall–Kier alpha value is -1.66. The Balaban J connectivity index is 0.000000479. The molecule has 1 aliphatic rings. The third-order valence-electron chi connectivity index (χ3n) is 9.10. The number of benzene rings is 2. The SMILES string of the molecule is CCCCCCCCCCCCCCCCCC(=O)O.O=C(CCCN1CCC(O)(c2ccc(Cl)cc2)CC1)c1ccc(F)cc1.[Zn]. The molecule has 8 heteroatoms. The number of aliphatic carboxylic acids is 1. The van der Waals surface area contributed by atoms with Crippen LogP contribution in [0.15, 0.2) is 48.5 Å². The van der Waals surface area contributed by atoms with Gasteiger partial charge in [0.25, 0.3) is 0 Å². The van der Waals surface area contributed by atoms with Gasteiger partial charge in [0.15, 0.2) is 5.78 Å². The van der Waals surface area contributed by atoms with Crippen molar-refractivity contribution in [2.45, 2.75) is 141 Å². The fourth-order valence-electron chi connectivity index (χ4n) is 6.09. The topological polar surface area (TPSA) is 77.8 Å². The van der Waals surface area contributed by atoms with Gasteiger partial charge in [-0.15, -0.1) is 0 Å². The van der Waals surface area contributed by atoms with Crippen LogP contribution in [0.2, 0.25) is 5.02 Å². The zero-order valence-electron chi connectivity index (χ0n) is 29.0. The molecule has 1 aliphatic heterocycles. The largest absolute Gasteiger partial charge is 0.481 e. The molecule has 1 heterocycles. The number of carboxylic acids is 1. The summed E-state index contributed by atoms with van der Waals surface area (Å²) in [5.41, 5.74) is 0.667. The zero-order valence-corrected chi connectivity index (χ0v) is 32.7. The number of rotatable bonds is 22. The average molecular weight is 726 g/mol. The van der Waals surface area contributed by atoms with Crippen molar-refractivity contribution in [3.05, 3.63) is 70.5 Å². The van der Waals surface area contributed by atoms with Crippen LogP contribution < -0.4 is 0 Å². The molecule has 1 saturated heterocycles. The van der Waals surface area contributed by atoms with E-state index < -0.39 is 11.6 Å². The number of nitrogens with zero attached hydrogens (tertiary/aromatic N) is 1. The Labute approximate surface area is 301 Å². The molecule has 1 fully saturated rings. The molecule has 0 amide bonds. The van der Waals surface area contributed by atoms with Crippen LogP contribution in [-0.2, 0) is 29.9 Å². The number of hydrogen-bond donors (Lipinski definition) is 2. The summed E-state index contributed by atoms with van der Waals surface area (Å²) in [6.45, 7) is 4.68. The van der Waals surface area contributed by atoms with Crippen LogP contribution >= 0.6 is 11.6 Å². The summed E-state index contributed by atoms with van der Waals surface area (Å²) in [5, 5.41) is 20.1. The van der Waals surface area contributed by atoms with E-state index in [1.807, 2.05) is 24.3 Å². The van der Waals surface area contributed by atoms with Gasteiger partial charge in [-0.3, -0.25) is 9.59 Å². The van der Waals surface area contributed by atoms with Gasteiger partial charge in [0.1, 0.15) is 5.82 Å². The van der Waals surface area contributed by atoms with Gasteiger partial charge in [0, 0.05) is 56.0 Å². The second-order valence-corrected chi connectivity index (χ2v) is 13.4. The first-order chi connectivity index (χ1) is 22.2. The van der Waals surface area contributed by atoms with Gasteiger partial charge in [0.2, 0.25) is 0 Å². The monoisotopic (exact) mass is 723 g/mol. The number of aliphatic hydroxyl groups is 1. The first-order valence-corrected chi connectivity index (χ1v) is 18.3. The van der Waals surface area contributed by atoms with Crippen LogP contribution in [0.4, 0.5) is 4.39 Å². The summed E-state index contributed by atoms with van der Waals surface area (Å²) < 4.78 is 12.9. The Morgan fingerprint density at radius 3 is 1.66 bits per heavy atom. The third kappa shape index (κ3) is 19.8. The van der Waals surface area contributed by atoms with Gasteiger partial charge >= 0.3 is 5.97 Å². The minimum absolute atomic E-state index is 0. The smallest absolute Gasteiger partial charge is 0.303 e. The predicted molar refractivity (Wildman–Crippen MR) is 188 cm³/mol. The van der Waals surface area contributed by atoms with E-state index in [-0.39, 0.29) is 31.1 Å². The molecule has 0 radical (unpaired) electrons. The number of carbonyl (C=O) groups is 2. The Bertz CT molecular complexity index is 1090.